The summed E-state index contributed by atoms with van der Waals surface area (Å²) in [4.78, 5) is 28.8. The van der Waals surface area contributed by atoms with Crippen molar-refractivity contribution in [2.45, 2.75) is 19.8 Å². The van der Waals surface area contributed by atoms with E-state index in [0.717, 1.165) is 0 Å². The molecule has 6 heteroatoms. The van der Waals surface area contributed by atoms with Crippen LogP contribution >= 0.6 is 0 Å². The topological polar surface area (TPSA) is 84.1 Å². The van der Waals surface area contributed by atoms with Crippen LogP contribution in [0.5, 0.6) is 0 Å². The van der Waals surface area contributed by atoms with Crippen LogP contribution in [-0.4, -0.2) is 35.0 Å². The molecule has 0 atom stereocenters. The fraction of sp³-hybridized carbons (Fsp3) is 0.500. The van der Waals surface area contributed by atoms with Crippen LogP contribution in [0.3, 0.4) is 0 Å². The van der Waals surface area contributed by atoms with Gasteiger partial charge in [-0.1, -0.05) is 0 Å². The van der Waals surface area contributed by atoms with Gasteiger partial charge in [0.1, 0.15) is 5.69 Å². The van der Waals surface area contributed by atoms with E-state index in [9.17, 15) is 9.59 Å². The van der Waals surface area contributed by atoms with Gasteiger partial charge in [-0.25, -0.2) is 4.98 Å². The summed E-state index contributed by atoms with van der Waals surface area (Å²) in [7, 11) is 0. The first-order valence-corrected chi connectivity index (χ1v) is 5.16. The molecule has 0 aliphatic carbocycles. The highest BCUT2D eigenvalue weighted by atomic mass is 16.5. The standard InChI is InChI=1S/C10H15N3O3/c1-2-16-9(14)4-3-5-12-10(15)8-6-11-7-13-8/h6-7H,2-5H2,1H3,(H,11,13)(H,12,15). The average molecular weight is 225 g/mol. The molecule has 88 valence electrons. The number of carbonyl (C=O) groups excluding carboxylic acids is 2. The largest absolute Gasteiger partial charge is 0.466 e. The quantitative estimate of drug-likeness (QED) is 0.545. The molecule has 0 bridgehead atoms. The first-order valence-electron chi connectivity index (χ1n) is 5.16. The number of rotatable bonds is 6. The van der Waals surface area contributed by atoms with Crippen LogP contribution in [0.25, 0.3) is 0 Å². The van der Waals surface area contributed by atoms with E-state index in [0.29, 0.717) is 31.7 Å². The molecule has 0 aliphatic heterocycles. The normalized spacial score (nSPS) is 9.81. The van der Waals surface area contributed by atoms with Crippen LogP contribution in [0.2, 0.25) is 0 Å². The van der Waals surface area contributed by atoms with Gasteiger partial charge in [0.25, 0.3) is 5.91 Å². The van der Waals surface area contributed by atoms with E-state index >= 15 is 0 Å². The highest BCUT2D eigenvalue weighted by Crippen LogP contribution is 1.93. The van der Waals surface area contributed by atoms with E-state index in [1.54, 1.807) is 6.92 Å². The molecule has 1 aromatic heterocycles. The molecule has 0 radical (unpaired) electrons. The summed E-state index contributed by atoms with van der Waals surface area (Å²) in [5.41, 5.74) is 0.413. The molecule has 0 aromatic carbocycles. The molecule has 1 heterocycles. The Bertz CT molecular complexity index is 335. The molecular formula is C10H15N3O3. The Morgan fingerprint density at radius 1 is 1.56 bits per heavy atom. The molecule has 0 saturated carbocycles. The van der Waals surface area contributed by atoms with Gasteiger partial charge in [-0.15, -0.1) is 0 Å². The van der Waals surface area contributed by atoms with Crippen molar-refractivity contribution in [3.63, 3.8) is 0 Å². The number of nitrogens with one attached hydrogen (secondary N) is 2. The SMILES string of the molecule is CCOC(=O)CCCNC(=O)c1cnc[nH]1. The molecule has 0 saturated heterocycles. The summed E-state index contributed by atoms with van der Waals surface area (Å²) < 4.78 is 4.75. The summed E-state index contributed by atoms with van der Waals surface area (Å²) in [6, 6.07) is 0. The Morgan fingerprint density at radius 2 is 2.38 bits per heavy atom. The maximum Gasteiger partial charge on any atom is 0.305 e. The third kappa shape index (κ3) is 4.12. The third-order valence-electron chi connectivity index (χ3n) is 1.89. The molecule has 1 aromatic rings. The lowest BCUT2D eigenvalue weighted by Crippen LogP contribution is -2.25. The Balaban J connectivity index is 2.12. The number of hydrogen-bond acceptors (Lipinski definition) is 4. The number of carbonyl (C=O) groups is 2. The number of aromatic amines is 1. The summed E-state index contributed by atoms with van der Waals surface area (Å²) in [5, 5.41) is 2.66. The fourth-order valence-electron chi connectivity index (χ4n) is 1.14. The van der Waals surface area contributed by atoms with Crippen LogP contribution in [0.4, 0.5) is 0 Å². The number of imidazole rings is 1. The molecule has 1 amide bonds. The maximum absolute atomic E-state index is 11.4. The monoisotopic (exact) mass is 225 g/mol. The predicted molar refractivity (Wildman–Crippen MR) is 56.8 cm³/mol. The lowest BCUT2D eigenvalue weighted by molar-refractivity contribution is -0.143. The van der Waals surface area contributed by atoms with E-state index in [4.69, 9.17) is 4.74 Å². The van der Waals surface area contributed by atoms with Crippen molar-refractivity contribution in [2.24, 2.45) is 0 Å². The van der Waals surface area contributed by atoms with Crippen LogP contribution in [0.1, 0.15) is 30.3 Å². The molecule has 2 N–H and O–H groups in total. The van der Waals surface area contributed by atoms with Crippen molar-refractivity contribution in [1.29, 1.82) is 0 Å². The number of ether oxygens (including phenoxy) is 1. The van der Waals surface area contributed by atoms with Gasteiger partial charge in [-0.2, -0.15) is 0 Å². The van der Waals surface area contributed by atoms with Gasteiger partial charge in [0, 0.05) is 13.0 Å². The smallest absolute Gasteiger partial charge is 0.305 e. The van der Waals surface area contributed by atoms with Crippen LogP contribution in [0.15, 0.2) is 12.5 Å². The third-order valence-corrected chi connectivity index (χ3v) is 1.89. The number of hydrogen-bond donors (Lipinski definition) is 2. The zero-order chi connectivity index (χ0) is 11.8. The van der Waals surface area contributed by atoms with Crippen molar-refractivity contribution < 1.29 is 14.3 Å². The molecule has 0 fully saturated rings. The Labute approximate surface area is 93.4 Å². The van der Waals surface area contributed by atoms with Crippen molar-refractivity contribution in [2.75, 3.05) is 13.2 Å². The lowest BCUT2D eigenvalue weighted by atomic mass is 10.3. The minimum Gasteiger partial charge on any atom is -0.466 e. The summed E-state index contributed by atoms with van der Waals surface area (Å²) in [6.07, 6.45) is 3.77. The van der Waals surface area contributed by atoms with Crippen LogP contribution < -0.4 is 5.32 Å². The number of aromatic nitrogens is 2. The van der Waals surface area contributed by atoms with E-state index in [-0.39, 0.29) is 11.9 Å². The number of amides is 1. The molecule has 16 heavy (non-hydrogen) atoms. The van der Waals surface area contributed by atoms with Crippen molar-refractivity contribution in [1.82, 2.24) is 15.3 Å². The minimum absolute atomic E-state index is 0.221. The first kappa shape index (κ1) is 12.2. The zero-order valence-corrected chi connectivity index (χ0v) is 9.16. The van der Waals surface area contributed by atoms with Crippen molar-refractivity contribution in [3.8, 4) is 0 Å². The second-order valence-corrected chi connectivity index (χ2v) is 3.13. The van der Waals surface area contributed by atoms with Crippen LogP contribution in [0, 0.1) is 0 Å². The van der Waals surface area contributed by atoms with Crippen molar-refractivity contribution in [3.05, 3.63) is 18.2 Å². The molecule has 0 spiro atoms. The van der Waals surface area contributed by atoms with E-state index in [1.165, 1.54) is 12.5 Å². The lowest BCUT2D eigenvalue weighted by Gasteiger charge is -2.03. The van der Waals surface area contributed by atoms with Gasteiger partial charge >= 0.3 is 5.97 Å². The molecule has 0 unspecified atom stereocenters. The second-order valence-electron chi connectivity index (χ2n) is 3.13. The maximum atomic E-state index is 11.4. The molecular weight excluding hydrogens is 210 g/mol. The predicted octanol–water partition coefficient (Wildman–Crippen LogP) is 0.483. The number of nitrogens with zero attached hydrogens (tertiary/aromatic N) is 1. The number of H-pyrrole nitrogens is 1. The van der Waals surface area contributed by atoms with Gasteiger partial charge in [-0.3, -0.25) is 9.59 Å². The Morgan fingerprint density at radius 3 is 3.00 bits per heavy atom. The van der Waals surface area contributed by atoms with E-state index < -0.39 is 0 Å². The van der Waals surface area contributed by atoms with Gasteiger partial charge in [0.05, 0.1) is 19.1 Å². The Kier molecular flexibility index (Phi) is 5.04. The summed E-state index contributed by atoms with van der Waals surface area (Å²) >= 11 is 0. The Hall–Kier alpha value is -1.85. The van der Waals surface area contributed by atoms with E-state index in [1.807, 2.05) is 0 Å². The fourth-order valence-corrected chi connectivity index (χ4v) is 1.14. The molecule has 0 aliphatic rings. The highest BCUT2D eigenvalue weighted by molar-refractivity contribution is 5.91. The second kappa shape index (κ2) is 6.60. The zero-order valence-electron chi connectivity index (χ0n) is 9.16. The summed E-state index contributed by atoms with van der Waals surface area (Å²) in [5.74, 6) is -0.459. The molecule has 1 rings (SSSR count). The highest BCUT2D eigenvalue weighted by Gasteiger charge is 2.06. The van der Waals surface area contributed by atoms with E-state index in [2.05, 4.69) is 15.3 Å². The van der Waals surface area contributed by atoms with Crippen LogP contribution in [-0.2, 0) is 9.53 Å². The van der Waals surface area contributed by atoms with Gasteiger partial charge in [-0.05, 0) is 13.3 Å². The number of esters is 1. The minimum atomic E-state index is -0.238. The summed E-state index contributed by atoms with van der Waals surface area (Å²) in [6.45, 7) is 2.59. The van der Waals surface area contributed by atoms with Crippen molar-refractivity contribution >= 4 is 11.9 Å². The van der Waals surface area contributed by atoms with Gasteiger partial charge in [0.15, 0.2) is 0 Å². The van der Waals surface area contributed by atoms with Gasteiger partial charge < -0.3 is 15.0 Å². The molecule has 6 nitrogen and oxygen atoms in total. The first-order chi connectivity index (χ1) is 7.74. The average Bonchev–Trinajstić information content (AvgIpc) is 2.78. The van der Waals surface area contributed by atoms with Gasteiger partial charge in [0.2, 0.25) is 0 Å².